The molecule has 2 unspecified atom stereocenters. The zero-order valence-corrected chi connectivity index (χ0v) is 27.1. The van der Waals surface area contributed by atoms with Crippen LogP contribution in [0.15, 0.2) is 59.5 Å². The molecule has 2 N–H and O–H groups in total. The van der Waals surface area contributed by atoms with Gasteiger partial charge in [-0.05, 0) is 57.6 Å². The Morgan fingerprint density at radius 3 is 2.34 bits per heavy atom. The van der Waals surface area contributed by atoms with E-state index in [4.69, 9.17) is 14.2 Å². The van der Waals surface area contributed by atoms with Gasteiger partial charge in [-0.3, -0.25) is 10.1 Å². The van der Waals surface area contributed by atoms with E-state index in [0.29, 0.717) is 26.1 Å². The summed E-state index contributed by atoms with van der Waals surface area (Å²) in [6.07, 6.45) is -0.905. The largest absolute Gasteiger partial charge is 0.444 e. The van der Waals surface area contributed by atoms with Crippen LogP contribution < -0.4 is 5.32 Å². The van der Waals surface area contributed by atoms with Crippen LogP contribution in [0.2, 0.25) is 0 Å². The van der Waals surface area contributed by atoms with Crippen molar-refractivity contribution in [3.05, 3.63) is 70.3 Å². The second-order valence-electron chi connectivity index (χ2n) is 13.1. The third kappa shape index (κ3) is 10.5. The zero-order valence-electron chi connectivity index (χ0n) is 26.3. The highest BCUT2D eigenvalue weighted by Crippen LogP contribution is 2.34. The van der Waals surface area contributed by atoms with Crippen molar-refractivity contribution in [2.75, 3.05) is 26.3 Å². The van der Waals surface area contributed by atoms with Crippen LogP contribution in [-0.4, -0.2) is 78.7 Å². The van der Waals surface area contributed by atoms with Crippen molar-refractivity contribution in [1.29, 1.82) is 0 Å². The fourth-order valence-corrected chi connectivity index (χ4v) is 6.61. The van der Waals surface area contributed by atoms with Gasteiger partial charge in [0.25, 0.3) is 5.69 Å². The Bertz CT molecular complexity index is 1370. The smallest absolute Gasteiger partial charge is 0.407 e. The second kappa shape index (κ2) is 14.3. The molecule has 0 spiro atoms. The molecule has 1 heterocycles. The van der Waals surface area contributed by atoms with Gasteiger partial charge in [0.1, 0.15) is 5.60 Å². The standard InChI is InChI=1S/C31H45N3O9S/c1-29(2,3)43-28(36)32-26(19-23-11-8-7-9-12-23)27(35)21-33(22-30(4,5)15-16-31(6)41-17-18-42-31)44(39,40)25-14-10-13-24(20-25)34(37)38/h7-14,20,26-27,35H,15-19,21-22H2,1-6H3,(H,32,36). The molecule has 0 saturated carbocycles. The van der Waals surface area contributed by atoms with Crippen LogP contribution in [0, 0.1) is 15.5 Å². The quantitative estimate of drug-likeness (QED) is 0.223. The van der Waals surface area contributed by atoms with Crippen LogP contribution in [-0.2, 0) is 30.7 Å². The Labute approximate surface area is 259 Å². The zero-order chi connectivity index (χ0) is 32.8. The predicted octanol–water partition coefficient (Wildman–Crippen LogP) is 4.65. The maximum Gasteiger partial charge on any atom is 0.407 e. The fourth-order valence-electron chi connectivity index (χ4n) is 4.92. The number of nitro benzene ring substituents is 1. The second-order valence-corrected chi connectivity index (χ2v) is 15.0. The molecular weight excluding hydrogens is 590 g/mol. The number of ether oxygens (including phenoxy) is 3. The molecule has 2 aromatic carbocycles. The molecule has 1 amide bonds. The first-order chi connectivity index (χ1) is 20.4. The maximum atomic E-state index is 14.1. The lowest BCUT2D eigenvalue weighted by atomic mass is 9.86. The number of nitrogens with one attached hydrogen (secondary N) is 1. The molecule has 1 aliphatic rings. The van der Waals surface area contributed by atoms with Crippen molar-refractivity contribution in [2.45, 2.75) is 89.2 Å². The third-order valence-corrected chi connectivity index (χ3v) is 9.09. The minimum atomic E-state index is -4.34. The van der Waals surface area contributed by atoms with E-state index in [0.717, 1.165) is 15.9 Å². The van der Waals surface area contributed by atoms with Crippen molar-refractivity contribution in [2.24, 2.45) is 5.41 Å². The summed E-state index contributed by atoms with van der Waals surface area (Å²) in [5, 5.41) is 25.7. The van der Waals surface area contributed by atoms with Crippen LogP contribution in [0.5, 0.6) is 0 Å². The maximum absolute atomic E-state index is 14.1. The van der Waals surface area contributed by atoms with Gasteiger partial charge in [0.15, 0.2) is 5.79 Å². The van der Waals surface area contributed by atoms with Crippen LogP contribution in [0.25, 0.3) is 0 Å². The van der Waals surface area contributed by atoms with Gasteiger partial charge in [-0.2, -0.15) is 4.31 Å². The van der Waals surface area contributed by atoms with E-state index in [1.165, 1.54) is 18.2 Å². The van der Waals surface area contributed by atoms with Crippen LogP contribution in [0.1, 0.15) is 59.9 Å². The van der Waals surface area contributed by atoms with Crippen molar-refractivity contribution in [3.63, 3.8) is 0 Å². The normalized spacial score (nSPS) is 16.8. The summed E-state index contributed by atoms with van der Waals surface area (Å²) in [4.78, 5) is 23.3. The lowest BCUT2D eigenvalue weighted by molar-refractivity contribution is -0.385. The highest BCUT2D eigenvalue weighted by Gasteiger charge is 2.38. The van der Waals surface area contributed by atoms with Crippen molar-refractivity contribution in [1.82, 2.24) is 9.62 Å². The number of hydrogen-bond acceptors (Lipinski definition) is 9. The van der Waals surface area contributed by atoms with Crippen molar-refractivity contribution in [3.8, 4) is 0 Å². The molecule has 2 aromatic rings. The van der Waals surface area contributed by atoms with Crippen LogP contribution in [0.3, 0.4) is 0 Å². The molecule has 3 rings (SSSR count). The molecule has 44 heavy (non-hydrogen) atoms. The molecule has 2 atom stereocenters. The number of amides is 1. The van der Waals surface area contributed by atoms with Gasteiger partial charge < -0.3 is 24.6 Å². The minimum Gasteiger partial charge on any atom is -0.444 e. The molecule has 1 aliphatic heterocycles. The van der Waals surface area contributed by atoms with Gasteiger partial charge >= 0.3 is 6.09 Å². The van der Waals surface area contributed by atoms with Crippen molar-refractivity contribution >= 4 is 21.8 Å². The number of carbonyl (C=O) groups is 1. The Morgan fingerprint density at radius 2 is 1.75 bits per heavy atom. The topological polar surface area (TPSA) is 158 Å². The number of nitro groups is 1. The molecule has 12 nitrogen and oxygen atoms in total. The van der Waals surface area contributed by atoms with Gasteiger partial charge in [-0.15, -0.1) is 0 Å². The molecule has 13 heteroatoms. The number of hydrogen-bond donors (Lipinski definition) is 2. The van der Waals surface area contributed by atoms with Gasteiger partial charge in [-0.25, -0.2) is 13.2 Å². The SMILES string of the molecule is CC(C)(CCC1(C)OCCO1)CN(CC(O)C(Cc1ccccc1)NC(=O)OC(C)(C)C)S(=O)(=O)c1cccc([N+](=O)[O-])c1. The molecule has 0 radical (unpaired) electrons. The van der Waals surface area contributed by atoms with Crippen LogP contribution >= 0.6 is 0 Å². The van der Waals surface area contributed by atoms with Gasteiger partial charge in [0.05, 0.1) is 35.2 Å². The Hall–Kier alpha value is -3.10. The number of aliphatic hydroxyl groups excluding tert-OH is 1. The Balaban J connectivity index is 1.94. The Kier molecular flexibility index (Phi) is 11.5. The summed E-state index contributed by atoms with van der Waals surface area (Å²) in [5.74, 6) is -0.779. The number of sulfonamides is 1. The van der Waals surface area contributed by atoms with Gasteiger partial charge in [0, 0.05) is 31.6 Å². The predicted molar refractivity (Wildman–Crippen MR) is 164 cm³/mol. The first kappa shape index (κ1) is 35.4. The molecule has 0 aromatic heterocycles. The number of non-ortho nitro benzene ring substituents is 1. The number of rotatable bonds is 14. The monoisotopic (exact) mass is 635 g/mol. The summed E-state index contributed by atoms with van der Waals surface area (Å²) in [5.41, 5.74) is -0.982. The van der Waals surface area contributed by atoms with Gasteiger partial charge in [0.2, 0.25) is 10.0 Å². The van der Waals surface area contributed by atoms with Crippen molar-refractivity contribution < 1.29 is 37.5 Å². The molecule has 244 valence electrons. The van der Waals surface area contributed by atoms with E-state index in [1.54, 1.807) is 20.8 Å². The number of nitrogens with zero attached hydrogens (tertiary/aromatic N) is 2. The van der Waals surface area contributed by atoms with Crippen LogP contribution in [0.4, 0.5) is 10.5 Å². The highest BCUT2D eigenvalue weighted by molar-refractivity contribution is 7.89. The summed E-state index contributed by atoms with van der Waals surface area (Å²) < 4.78 is 46.1. The van der Waals surface area contributed by atoms with Gasteiger partial charge in [-0.1, -0.05) is 50.2 Å². The first-order valence-electron chi connectivity index (χ1n) is 14.6. The average molecular weight is 636 g/mol. The molecular formula is C31H45N3O9S. The number of alkyl carbamates (subject to hydrolysis) is 1. The van der Waals surface area contributed by atoms with E-state index in [1.807, 2.05) is 51.1 Å². The molecule has 1 fully saturated rings. The molecule has 0 bridgehead atoms. The number of carbonyl (C=O) groups excluding carboxylic acids is 1. The first-order valence-corrected chi connectivity index (χ1v) is 16.1. The minimum absolute atomic E-state index is 0.0321. The van der Waals surface area contributed by atoms with E-state index >= 15 is 0 Å². The fraction of sp³-hybridized carbons (Fsp3) is 0.581. The summed E-state index contributed by atoms with van der Waals surface area (Å²) in [6.45, 7) is 11.3. The summed E-state index contributed by atoms with van der Waals surface area (Å²) in [6, 6.07) is 13.1. The third-order valence-electron chi connectivity index (χ3n) is 7.28. The summed E-state index contributed by atoms with van der Waals surface area (Å²) >= 11 is 0. The van der Waals surface area contributed by atoms with E-state index in [2.05, 4.69) is 5.32 Å². The molecule has 1 saturated heterocycles. The molecule has 0 aliphatic carbocycles. The Morgan fingerprint density at radius 1 is 1.11 bits per heavy atom. The average Bonchev–Trinajstić information content (AvgIpc) is 3.37. The number of aliphatic hydroxyl groups is 1. The van der Waals surface area contributed by atoms with E-state index in [-0.39, 0.29) is 23.5 Å². The number of benzene rings is 2. The van der Waals surface area contributed by atoms with E-state index in [9.17, 15) is 28.4 Å². The highest BCUT2D eigenvalue weighted by atomic mass is 32.2. The lowest BCUT2D eigenvalue weighted by Gasteiger charge is -2.36. The summed E-state index contributed by atoms with van der Waals surface area (Å²) in [7, 11) is -4.34. The lowest BCUT2D eigenvalue weighted by Crippen LogP contribution is -2.52. The van der Waals surface area contributed by atoms with E-state index < -0.39 is 56.5 Å².